The molecule has 0 aliphatic heterocycles. The van der Waals surface area contributed by atoms with Gasteiger partial charge in [-0.05, 0) is 18.6 Å². The van der Waals surface area contributed by atoms with E-state index in [4.69, 9.17) is 10.8 Å². The zero-order chi connectivity index (χ0) is 11.6. The first-order chi connectivity index (χ1) is 6.93. The number of carbonyl (C=O) groups is 2. The molecule has 0 radical (unpaired) electrons. The number of carbonyl (C=O) groups excluding carboxylic acids is 1. The van der Waals surface area contributed by atoms with E-state index in [2.05, 4.69) is 5.32 Å². The summed E-state index contributed by atoms with van der Waals surface area (Å²) in [6, 6.07) is 3.02. The van der Waals surface area contributed by atoms with Crippen molar-refractivity contribution in [3.8, 4) is 0 Å². The molecule has 0 fully saturated rings. The van der Waals surface area contributed by atoms with Crippen LogP contribution < -0.4 is 11.1 Å². The van der Waals surface area contributed by atoms with Crippen molar-refractivity contribution < 1.29 is 14.7 Å². The number of carboxylic acids is 1. The van der Waals surface area contributed by atoms with Crippen LogP contribution >= 0.6 is 0 Å². The molecule has 0 atom stereocenters. The van der Waals surface area contributed by atoms with Crippen LogP contribution in [0.15, 0.2) is 12.1 Å². The summed E-state index contributed by atoms with van der Waals surface area (Å²) < 4.78 is 0. The summed E-state index contributed by atoms with van der Waals surface area (Å²) in [5.74, 6) is -1.47. The first kappa shape index (κ1) is 11.0. The predicted octanol–water partition coefficient (Wildman–Crippen LogP) is 1.23. The lowest BCUT2D eigenvalue weighted by Crippen LogP contribution is -2.13. The van der Waals surface area contributed by atoms with E-state index in [1.54, 1.807) is 13.0 Å². The van der Waals surface area contributed by atoms with Crippen LogP contribution in [0.4, 0.5) is 11.4 Å². The second-order valence-electron chi connectivity index (χ2n) is 3.21. The van der Waals surface area contributed by atoms with E-state index in [0.29, 0.717) is 0 Å². The van der Waals surface area contributed by atoms with E-state index < -0.39 is 5.97 Å². The van der Waals surface area contributed by atoms with E-state index in [1.807, 2.05) is 0 Å². The molecule has 1 rings (SSSR count). The second kappa shape index (κ2) is 4.00. The highest BCUT2D eigenvalue weighted by atomic mass is 16.4. The van der Waals surface area contributed by atoms with Gasteiger partial charge in [0.2, 0.25) is 5.91 Å². The first-order valence-corrected chi connectivity index (χ1v) is 4.33. The van der Waals surface area contributed by atoms with E-state index in [1.165, 1.54) is 13.0 Å². The third kappa shape index (κ3) is 2.25. The molecular formula is C10H12N2O3. The normalized spacial score (nSPS) is 9.73. The van der Waals surface area contributed by atoms with Crippen LogP contribution in [0.1, 0.15) is 22.8 Å². The minimum atomic E-state index is -1.12. The SMILES string of the molecule is CC(=O)Nc1c(C(=O)O)ccc(C)c1N. The largest absolute Gasteiger partial charge is 0.478 e. The van der Waals surface area contributed by atoms with Gasteiger partial charge in [-0.1, -0.05) is 6.07 Å². The Kier molecular flexibility index (Phi) is 2.94. The van der Waals surface area contributed by atoms with Crippen LogP contribution in [0.3, 0.4) is 0 Å². The van der Waals surface area contributed by atoms with Crippen LogP contribution in [0, 0.1) is 6.92 Å². The Balaban J connectivity index is 3.34. The maximum Gasteiger partial charge on any atom is 0.337 e. The Hall–Kier alpha value is -2.04. The summed E-state index contributed by atoms with van der Waals surface area (Å²) in [6.07, 6.45) is 0. The monoisotopic (exact) mass is 208 g/mol. The number of carboxylic acid groups (broad SMARTS) is 1. The average molecular weight is 208 g/mol. The van der Waals surface area contributed by atoms with E-state index in [0.717, 1.165) is 5.56 Å². The molecule has 0 saturated heterocycles. The lowest BCUT2D eigenvalue weighted by Gasteiger charge is -2.11. The molecule has 0 unspecified atom stereocenters. The molecule has 1 aromatic carbocycles. The molecule has 15 heavy (non-hydrogen) atoms. The fourth-order valence-corrected chi connectivity index (χ4v) is 1.21. The van der Waals surface area contributed by atoms with Crippen molar-refractivity contribution in [2.24, 2.45) is 0 Å². The minimum absolute atomic E-state index is 0.00620. The van der Waals surface area contributed by atoms with Gasteiger partial charge >= 0.3 is 5.97 Å². The summed E-state index contributed by atoms with van der Waals surface area (Å²) in [7, 11) is 0. The Bertz CT molecular complexity index is 427. The van der Waals surface area contributed by atoms with Gasteiger partial charge in [-0.3, -0.25) is 4.79 Å². The van der Waals surface area contributed by atoms with Gasteiger partial charge in [0.25, 0.3) is 0 Å². The third-order valence-electron chi connectivity index (χ3n) is 1.99. The fraction of sp³-hybridized carbons (Fsp3) is 0.200. The number of aromatic carboxylic acids is 1. The van der Waals surface area contributed by atoms with Gasteiger partial charge < -0.3 is 16.2 Å². The zero-order valence-corrected chi connectivity index (χ0v) is 8.50. The quantitative estimate of drug-likeness (QED) is 0.637. The molecule has 5 heteroatoms. The van der Waals surface area contributed by atoms with Gasteiger partial charge in [0, 0.05) is 6.92 Å². The Morgan fingerprint density at radius 2 is 2.00 bits per heavy atom. The summed E-state index contributed by atoms with van der Waals surface area (Å²) in [5, 5.41) is 11.3. The van der Waals surface area contributed by atoms with Crippen LogP contribution in [0.5, 0.6) is 0 Å². The highest BCUT2D eigenvalue weighted by molar-refractivity contribution is 6.03. The molecule has 80 valence electrons. The van der Waals surface area contributed by atoms with Crippen LogP contribution in [0.2, 0.25) is 0 Å². The molecule has 0 aliphatic rings. The van der Waals surface area contributed by atoms with Crippen molar-refractivity contribution in [2.45, 2.75) is 13.8 Å². The molecule has 5 nitrogen and oxygen atoms in total. The molecule has 1 amide bonds. The molecule has 0 bridgehead atoms. The molecular weight excluding hydrogens is 196 g/mol. The first-order valence-electron chi connectivity index (χ1n) is 4.33. The van der Waals surface area contributed by atoms with Crippen molar-refractivity contribution in [3.05, 3.63) is 23.3 Å². The number of nitrogen functional groups attached to an aromatic ring is 1. The van der Waals surface area contributed by atoms with Gasteiger partial charge in [0.05, 0.1) is 16.9 Å². The lowest BCUT2D eigenvalue weighted by atomic mass is 10.1. The summed E-state index contributed by atoms with van der Waals surface area (Å²) >= 11 is 0. The van der Waals surface area contributed by atoms with Gasteiger partial charge in [-0.2, -0.15) is 0 Å². The maximum atomic E-state index is 10.9. The van der Waals surface area contributed by atoms with E-state index >= 15 is 0 Å². The van der Waals surface area contributed by atoms with Crippen LogP contribution in [-0.4, -0.2) is 17.0 Å². The number of anilines is 2. The van der Waals surface area contributed by atoms with Crippen LogP contribution in [-0.2, 0) is 4.79 Å². The minimum Gasteiger partial charge on any atom is -0.478 e. The molecule has 0 aliphatic carbocycles. The number of nitrogens with one attached hydrogen (secondary N) is 1. The molecule has 0 aromatic heterocycles. The molecule has 0 saturated carbocycles. The Morgan fingerprint density at radius 1 is 1.40 bits per heavy atom. The van der Waals surface area contributed by atoms with Gasteiger partial charge in [0.15, 0.2) is 0 Å². The summed E-state index contributed by atoms with van der Waals surface area (Å²) in [6.45, 7) is 3.04. The maximum absolute atomic E-state index is 10.9. The number of nitrogens with two attached hydrogens (primary N) is 1. The summed E-state index contributed by atoms with van der Waals surface area (Å²) in [4.78, 5) is 21.8. The fourth-order valence-electron chi connectivity index (χ4n) is 1.21. The van der Waals surface area contributed by atoms with Crippen molar-refractivity contribution in [1.29, 1.82) is 0 Å². The van der Waals surface area contributed by atoms with Crippen LogP contribution in [0.25, 0.3) is 0 Å². The van der Waals surface area contributed by atoms with Gasteiger partial charge in [0.1, 0.15) is 0 Å². The lowest BCUT2D eigenvalue weighted by molar-refractivity contribution is -0.114. The number of aryl methyl sites for hydroxylation is 1. The van der Waals surface area contributed by atoms with Crippen molar-refractivity contribution >= 4 is 23.3 Å². The molecule has 0 heterocycles. The predicted molar refractivity (Wildman–Crippen MR) is 56.9 cm³/mol. The summed E-state index contributed by atoms with van der Waals surface area (Å²) in [5.41, 5.74) is 6.86. The topological polar surface area (TPSA) is 92.4 Å². The molecule has 4 N–H and O–H groups in total. The Labute approximate surface area is 86.9 Å². The second-order valence-corrected chi connectivity index (χ2v) is 3.21. The van der Waals surface area contributed by atoms with E-state index in [-0.39, 0.29) is 22.8 Å². The standard InChI is InChI=1S/C10H12N2O3/c1-5-3-4-7(10(14)15)9(8(5)11)12-6(2)13/h3-4H,11H2,1-2H3,(H,12,13)(H,14,15). The van der Waals surface area contributed by atoms with Crippen molar-refractivity contribution in [3.63, 3.8) is 0 Å². The number of benzene rings is 1. The highest BCUT2D eigenvalue weighted by Crippen LogP contribution is 2.27. The number of amides is 1. The Morgan fingerprint density at radius 3 is 2.47 bits per heavy atom. The number of rotatable bonds is 2. The third-order valence-corrected chi connectivity index (χ3v) is 1.99. The van der Waals surface area contributed by atoms with Gasteiger partial charge in [-0.25, -0.2) is 4.79 Å². The number of hydrogen-bond acceptors (Lipinski definition) is 3. The van der Waals surface area contributed by atoms with Crippen molar-refractivity contribution in [1.82, 2.24) is 0 Å². The molecule has 0 spiro atoms. The molecule has 1 aromatic rings. The van der Waals surface area contributed by atoms with E-state index in [9.17, 15) is 9.59 Å². The number of hydrogen-bond donors (Lipinski definition) is 3. The van der Waals surface area contributed by atoms with Crippen molar-refractivity contribution in [2.75, 3.05) is 11.1 Å². The zero-order valence-electron chi connectivity index (χ0n) is 8.50. The highest BCUT2D eigenvalue weighted by Gasteiger charge is 2.15. The van der Waals surface area contributed by atoms with Gasteiger partial charge in [-0.15, -0.1) is 0 Å². The average Bonchev–Trinajstić information content (AvgIpc) is 2.12. The smallest absolute Gasteiger partial charge is 0.337 e.